The molecule has 4 heteroatoms. The van der Waals surface area contributed by atoms with Crippen LogP contribution in [0.4, 0.5) is 0 Å². The number of ether oxygens (including phenoxy) is 1. The fraction of sp³-hybridized carbons (Fsp3) is 0.364. The lowest BCUT2D eigenvalue weighted by atomic mass is 10.1. The highest BCUT2D eigenvalue weighted by Gasteiger charge is 2.11. The van der Waals surface area contributed by atoms with Crippen molar-refractivity contribution in [2.75, 3.05) is 18.2 Å². The summed E-state index contributed by atoms with van der Waals surface area (Å²) in [6.45, 7) is 1.95. The van der Waals surface area contributed by atoms with Crippen molar-refractivity contribution in [2.24, 2.45) is 0 Å². The van der Waals surface area contributed by atoms with Crippen molar-refractivity contribution in [1.29, 1.82) is 0 Å². The maximum atomic E-state index is 11.4. The van der Waals surface area contributed by atoms with E-state index in [9.17, 15) is 4.79 Å². The van der Waals surface area contributed by atoms with Crippen LogP contribution in [0.1, 0.15) is 15.9 Å². The van der Waals surface area contributed by atoms with E-state index in [1.54, 1.807) is 17.8 Å². The number of rotatable bonds is 4. The maximum absolute atomic E-state index is 11.4. The molecule has 0 heterocycles. The van der Waals surface area contributed by atoms with Crippen LogP contribution < -0.4 is 0 Å². The van der Waals surface area contributed by atoms with Crippen molar-refractivity contribution in [3.63, 3.8) is 0 Å². The zero-order valence-electron chi connectivity index (χ0n) is 8.75. The van der Waals surface area contributed by atoms with Gasteiger partial charge in [0.1, 0.15) is 0 Å². The molecule has 0 atom stereocenters. The topological polar surface area (TPSA) is 26.3 Å². The van der Waals surface area contributed by atoms with Crippen LogP contribution in [0.15, 0.2) is 23.1 Å². The lowest BCUT2D eigenvalue weighted by molar-refractivity contribution is 0.0599. The zero-order chi connectivity index (χ0) is 11.3. The predicted octanol–water partition coefficient (Wildman–Crippen LogP) is 3.27. The van der Waals surface area contributed by atoms with Gasteiger partial charge in [0.05, 0.1) is 12.7 Å². The van der Waals surface area contributed by atoms with E-state index < -0.39 is 0 Å². The molecule has 0 saturated heterocycles. The van der Waals surface area contributed by atoms with Crippen LogP contribution in [0, 0.1) is 6.92 Å². The SMILES string of the molecule is COC(=O)c1cccc(SCCBr)c1C. The van der Waals surface area contributed by atoms with Gasteiger partial charge in [-0.05, 0) is 24.6 Å². The van der Waals surface area contributed by atoms with E-state index >= 15 is 0 Å². The highest BCUT2D eigenvalue weighted by atomic mass is 79.9. The van der Waals surface area contributed by atoms with Crippen molar-refractivity contribution in [3.05, 3.63) is 29.3 Å². The molecule has 1 aromatic rings. The molecular weight excluding hydrogens is 276 g/mol. The molecule has 0 spiro atoms. The molecule has 1 aromatic carbocycles. The van der Waals surface area contributed by atoms with Crippen molar-refractivity contribution < 1.29 is 9.53 Å². The molecule has 0 unspecified atom stereocenters. The van der Waals surface area contributed by atoms with E-state index in [0.29, 0.717) is 5.56 Å². The van der Waals surface area contributed by atoms with Gasteiger partial charge in [0.2, 0.25) is 0 Å². The van der Waals surface area contributed by atoms with Gasteiger partial charge >= 0.3 is 5.97 Å². The van der Waals surface area contributed by atoms with Crippen molar-refractivity contribution in [3.8, 4) is 0 Å². The van der Waals surface area contributed by atoms with Gasteiger partial charge in [-0.2, -0.15) is 0 Å². The first-order chi connectivity index (χ1) is 7.20. The minimum Gasteiger partial charge on any atom is -0.465 e. The Morgan fingerprint density at radius 3 is 2.87 bits per heavy atom. The van der Waals surface area contributed by atoms with E-state index in [4.69, 9.17) is 4.74 Å². The molecule has 1 rings (SSSR count). The molecule has 0 fully saturated rings. The summed E-state index contributed by atoms with van der Waals surface area (Å²) in [6, 6.07) is 5.70. The molecule has 0 saturated carbocycles. The summed E-state index contributed by atoms with van der Waals surface area (Å²) in [5.41, 5.74) is 1.65. The average Bonchev–Trinajstić information content (AvgIpc) is 2.27. The summed E-state index contributed by atoms with van der Waals surface area (Å²) in [6.07, 6.45) is 0. The molecule has 15 heavy (non-hydrogen) atoms. The van der Waals surface area contributed by atoms with Crippen molar-refractivity contribution in [2.45, 2.75) is 11.8 Å². The van der Waals surface area contributed by atoms with Gasteiger partial charge in [0.25, 0.3) is 0 Å². The number of methoxy groups -OCH3 is 1. The largest absolute Gasteiger partial charge is 0.465 e. The molecule has 0 aliphatic carbocycles. The third kappa shape index (κ3) is 3.24. The Bertz CT molecular complexity index is 352. The lowest BCUT2D eigenvalue weighted by Crippen LogP contribution is -2.04. The highest BCUT2D eigenvalue weighted by molar-refractivity contribution is 9.09. The molecule has 2 nitrogen and oxygen atoms in total. The zero-order valence-corrected chi connectivity index (χ0v) is 11.2. The Hall–Kier alpha value is -0.480. The smallest absolute Gasteiger partial charge is 0.338 e. The van der Waals surface area contributed by atoms with Crippen LogP contribution in [0.5, 0.6) is 0 Å². The number of alkyl halides is 1. The number of hydrogen-bond donors (Lipinski definition) is 0. The Labute approximate surface area is 103 Å². The second kappa shape index (κ2) is 6.18. The van der Waals surface area contributed by atoms with Crippen LogP contribution >= 0.6 is 27.7 Å². The van der Waals surface area contributed by atoms with Crippen LogP contribution in [-0.2, 0) is 4.74 Å². The molecule has 0 bridgehead atoms. The monoisotopic (exact) mass is 288 g/mol. The Morgan fingerprint density at radius 1 is 1.53 bits per heavy atom. The number of hydrogen-bond acceptors (Lipinski definition) is 3. The number of esters is 1. The summed E-state index contributed by atoms with van der Waals surface area (Å²) >= 11 is 5.11. The first kappa shape index (κ1) is 12.6. The summed E-state index contributed by atoms with van der Waals surface area (Å²) < 4.78 is 4.72. The summed E-state index contributed by atoms with van der Waals surface area (Å²) in [4.78, 5) is 12.6. The highest BCUT2D eigenvalue weighted by Crippen LogP contribution is 2.25. The van der Waals surface area contributed by atoms with Crippen molar-refractivity contribution >= 4 is 33.7 Å². The summed E-state index contributed by atoms with van der Waals surface area (Å²) in [7, 11) is 1.40. The number of benzene rings is 1. The van der Waals surface area contributed by atoms with Crippen LogP contribution in [0.2, 0.25) is 0 Å². The van der Waals surface area contributed by atoms with Crippen LogP contribution in [0.3, 0.4) is 0 Å². The number of carbonyl (C=O) groups excluding carboxylic acids is 1. The average molecular weight is 289 g/mol. The van der Waals surface area contributed by atoms with Crippen LogP contribution in [-0.4, -0.2) is 24.2 Å². The van der Waals surface area contributed by atoms with E-state index in [1.807, 2.05) is 19.1 Å². The Kier molecular flexibility index (Phi) is 5.19. The molecule has 0 N–H and O–H groups in total. The molecule has 0 amide bonds. The molecule has 0 aliphatic heterocycles. The second-order valence-electron chi connectivity index (χ2n) is 2.96. The van der Waals surface area contributed by atoms with Gasteiger partial charge in [0.15, 0.2) is 0 Å². The third-order valence-electron chi connectivity index (χ3n) is 2.02. The van der Waals surface area contributed by atoms with Gasteiger partial charge in [-0.1, -0.05) is 22.0 Å². The summed E-state index contributed by atoms with van der Waals surface area (Å²) in [5, 5.41) is 0.944. The van der Waals surface area contributed by atoms with Gasteiger partial charge in [-0.25, -0.2) is 4.79 Å². The lowest BCUT2D eigenvalue weighted by Gasteiger charge is -2.08. The minimum atomic E-state index is -0.270. The van der Waals surface area contributed by atoms with Gasteiger partial charge < -0.3 is 4.74 Å². The molecule has 0 radical (unpaired) electrons. The fourth-order valence-corrected chi connectivity index (χ4v) is 2.53. The van der Waals surface area contributed by atoms with E-state index in [0.717, 1.165) is 21.5 Å². The fourth-order valence-electron chi connectivity index (χ4n) is 1.25. The Balaban J connectivity index is 2.95. The van der Waals surface area contributed by atoms with Gasteiger partial charge in [0, 0.05) is 16.0 Å². The first-order valence-corrected chi connectivity index (χ1v) is 6.68. The van der Waals surface area contributed by atoms with Crippen molar-refractivity contribution in [1.82, 2.24) is 0 Å². The normalized spacial score (nSPS) is 10.1. The Morgan fingerprint density at radius 2 is 2.27 bits per heavy atom. The van der Waals surface area contributed by atoms with E-state index in [-0.39, 0.29) is 5.97 Å². The predicted molar refractivity (Wildman–Crippen MR) is 67.0 cm³/mol. The third-order valence-corrected chi connectivity index (χ3v) is 4.11. The molecular formula is C11H13BrO2S. The number of carbonyl (C=O) groups is 1. The minimum absolute atomic E-state index is 0.270. The van der Waals surface area contributed by atoms with E-state index in [2.05, 4.69) is 15.9 Å². The second-order valence-corrected chi connectivity index (χ2v) is 4.89. The van der Waals surface area contributed by atoms with Crippen LogP contribution in [0.25, 0.3) is 0 Å². The molecule has 0 aliphatic rings. The van der Waals surface area contributed by atoms with E-state index in [1.165, 1.54) is 7.11 Å². The quantitative estimate of drug-likeness (QED) is 0.483. The maximum Gasteiger partial charge on any atom is 0.338 e. The standard InChI is InChI=1S/C11H13BrO2S/c1-8-9(11(13)14-2)4-3-5-10(8)15-7-6-12/h3-5H,6-7H2,1-2H3. The van der Waals surface area contributed by atoms with Gasteiger partial charge in [-0.15, -0.1) is 11.8 Å². The number of thioether (sulfide) groups is 1. The molecule has 82 valence electrons. The summed E-state index contributed by atoms with van der Waals surface area (Å²) in [5.74, 6) is 0.722. The first-order valence-electron chi connectivity index (χ1n) is 4.57. The molecule has 0 aromatic heterocycles. The number of halogens is 1. The van der Waals surface area contributed by atoms with Gasteiger partial charge in [-0.3, -0.25) is 0 Å².